The van der Waals surface area contributed by atoms with Gasteiger partial charge in [0.25, 0.3) is 0 Å². The predicted molar refractivity (Wildman–Crippen MR) is 76.7 cm³/mol. The van der Waals surface area contributed by atoms with Crippen molar-refractivity contribution in [3.8, 4) is 0 Å². The van der Waals surface area contributed by atoms with Crippen molar-refractivity contribution in [2.45, 2.75) is 32.6 Å². The van der Waals surface area contributed by atoms with Crippen LogP contribution in [0.4, 0.5) is 4.79 Å². The third-order valence-electron chi connectivity index (χ3n) is 2.26. The summed E-state index contributed by atoms with van der Waals surface area (Å²) in [6.45, 7) is 5.64. The molecule has 6 nitrogen and oxygen atoms in total. The summed E-state index contributed by atoms with van der Waals surface area (Å²) >= 11 is 0. The summed E-state index contributed by atoms with van der Waals surface area (Å²) in [6.07, 6.45) is 5.64. The number of hydrogen-bond acceptors (Lipinski definition) is 6. The van der Waals surface area contributed by atoms with Gasteiger partial charge in [-0.25, -0.2) is 4.79 Å². The number of ketones is 1. The van der Waals surface area contributed by atoms with Gasteiger partial charge in [0.2, 0.25) is 0 Å². The maximum atomic E-state index is 11.4. The van der Waals surface area contributed by atoms with Gasteiger partial charge in [-0.05, 0) is 19.8 Å². The Morgan fingerprint density at radius 3 is 2.48 bits per heavy atom. The molecule has 0 aliphatic carbocycles. The van der Waals surface area contributed by atoms with E-state index in [1.165, 1.54) is 6.08 Å². The zero-order valence-electron chi connectivity index (χ0n) is 12.3. The molecule has 0 spiro atoms. The normalized spacial score (nSPS) is 10.1. The van der Waals surface area contributed by atoms with E-state index in [0.717, 1.165) is 0 Å². The number of esters is 1. The summed E-state index contributed by atoms with van der Waals surface area (Å²) in [5.74, 6) is -0.682. The smallest absolute Gasteiger partial charge is 0.461 e. The van der Waals surface area contributed by atoms with Crippen molar-refractivity contribution >= 4 is 17.9 Å². The predicted octanol–water partition coefficient (Wildman–Crippen LogP) is 2.57. The Balaban J connectivity index is 3.57. The zero-order chi connectivity index (χ0) is 15.9. The number of carbonyl (C=O) groups is 3. The monoisotopic (exact) mass is 298 g/mol. The van der Waals surface area contributed by atoms with E-state index in [0.29, 0.717) is 19.3 Å². The third-order valence-corrected chi connectivity index (χ3v) is 2.26. The minimum absolute atomic E-state index is 0.120. The second kappa shape index (κ2) is 12.9. The van der Waals surface area contributed by atoms with E-state index in [2.05, 4.69) is 11.3 Å². The summed E-state index contributed by atoms with van der Waals surface area (Å²) < 4.78 is 14.0. The SMILES string of the molecule is C=CCOC(=O)CC(=O)CCCC=CCOC(=O)OCC. The minimum atomic E-state index is -0.699. The average Bonchev–Trinajstić information content (AvgIpc) is 2.44. The van der Waals surface area contributed by atoms with Crippen LogP contribution in [-0.2, 0) is 23.8 Å². The van der Waals surface area contributed by atoms with Crippen LogP contribution < -0.4 is 0 Å². The summed E-state index contributed by atoms with van der Waals surface area (Å²) in [4.78, 5) is 33.4. The van der Waals surface area contributed by atoms with Crippen LogP contribution in [0.15, 0.2) is 24.8 Å². The lowest BCUT2D eigenvalue weighted by Crippen LogP contribution is -2.11. The van der Waals surface area contributed by atoms with Crippen LogP contribution in [0.2, 0.25) is 0 Å². The molecule has 0 aromatic carbocycles. The van der Waals surface area contributed by atoms with E-state index in [4.69, 9.17) is 9.47 Å². The van der Waals surface area contributed by atoms with Crippen LogP contribution in [-0.4, -0.2) is 37.7 Å². The number of allylic oxidation sites excluding steroid dienone is 1. The van der Waals surface area contributed by atoms with Crippen molar-refractivity contribution < 1.29 is 28.6 Å². The molecular weight excluding hydrogens is 276 g/mol. The van der Waals surface area contributed by atoms with E-state index < -0.39 is 12.1 Å². The molecule has 0 saturated heterocycles. The Kier molecular flexibility index (Phi) is 11.6. The second-order valence-corrected chi connectivity index (χ2v) is 4.04. The molecular formula is C15H22O6. The van der Waals surface area contributed by atoms with Gasteiger partial charge in [0.05, 0.1) is 6.61 Å². The highest BCUT2D eigenvalue weighted by Crippen LogP contribution is 2.02. The van der Waals surface area contributed by atoms with Crippen molar-refractivity contribution in [1.82, 2.24) is 0 Å². The Bertz CT molecular complexity index is 372. The fourth-order valence-corrected chi connectivity index (χ4v) is 1.33. The Morgan fingerprint density at radius 2 is 1.81 bits per heavy atom. The number of rotatable bonds is 11. The number of ether oxygens (including phenoxy) is 3. The van der Waals surface area contributed by atoms with Gasteiger partial charge in [0, 0.05) is 6.42 Å². The van der Waals surface area contributed by atoms with Gasteiger partial charge in [-0.3, -0.25) is 9.59 Å². The Labute approximate surface area is 124 Å². The van der Waals surface area contributed by atoms with Crippen LogP contribution in [0.5, 0.6) is 0 Å². The molecule has 118 valence electrons. The van der Waals surface area contributed by atoms with Crippen molar-refractivity contribution in [2.24, 2.45) is 0 Å². The maximum Gasteiger partial charge on any atom is 0.508 e. The van der Waals surface area contributed by atoms with E-state index in [-0.39, 0.29) is 32.0 Å². The van der Waals surface area contributed by atoms with E-state index >= 15 is 0 Å². The summed E-state index contributed by atoms with van der Waals surface area (Å²) in [5.41, 5.74) is 0. The van der Waals surface area contributed by atoms with Gasteiger partial charge in [-0.15, -0.1) is 0 Å². The summed E-state index contributed by atoms with van der Waals surface area (Å²) in [6, 6.07) is 0. The fourth-order valence-electron chi connectivity index (χ4n) is 1.33. The highest BCUT2D eigenvalue weighted by molar-refractivity contribution is 5.95. The lowest BCUT2D eigenvalue weighted by Gasteiger charge is -2.01. The summed E-state index contributed by atoms with van der Waals surface area (Å²) in [5, 5.41) is 0. The van der Waals surface area contributed by atoms with Gasteiger partial charge in [0.1, 0.15) is 25.4 Å². The van der Waals surface area contributed by atoms with Crippen molar-refractivity contribution in [3.63, 3.8) is 0 Å². The van der Waals surface area contributed by atoms with Gasteiger partial charge in [0.15, 0.2) is 0 Å². The molecule has 0 N–H and O–H groups in total. The third kappa shape index (κ3) is 12.7. The molecule has 0 radical (unpaired) electrons. The number of Topliss-reactive ketones (excluding diaryl/α,β-unsaturated/α-hetero) is 1. The number of hydrogen-bond donors (Lipinski definition) is 0. The first-order valence-corrected chi connectivity index (χ1v) is 6.82. The molecule has 0 heterocycles. The van der Waals surface area contributed by atoms with Crippen molar-refractivity contribution in [2.75, 3.05) is 19.8 Å². The molecule has 0 atom stereocenters. The lowest BCUT2D eigenvalue weighted by atomic mass is 10.1. The topological polar surface area (TPSA) is 78.9 Å². The van der Waals surface area contributed by atoms with Crippen LogP contribution >= 0.6 is 0 Å². The van der Waals surface area contributed by atoms with Crippen LogP contribution in [0.3, 0.4) is 0 Å². The molecule has 0 aromatic heterocycles. The first kappa shape index (κ1) is 18.9. The number of carbonyl (C=O) groups excluding carboxylic acids is 3. The molecule has 0 unspecified atom stereocenters. The molecule has 0 saturated carbocycles. The molecule has 21 heavy (non-hydrogen) atoms. The largest absolute Gasteiger partial charge is 0.508 e. The quantitative estimate of drug-likeness (QED) is 0.252. The Hall–Kier alpha value is -2.11. The highest BCUT2D eigenvalue weighted by atomic mass is 16.7. The highest BCUT2D eigenvalue weighted by Gasteiger charge is 2.09. The standard InChI is InChI=1S/C15H22O6/c1-3-10-20-14(17)12-13(16)9-7-5-6-8-11-21-15(18)19-4-2/h3,6,8H,1,4-5,7,9-12H2,2H3. The molecule has 0 fully saturated rings. The first-order valence-electron chi connectivity index (χ1n) is 6.82. The molecule has 0 aliphatic rings. The van der Waals surface area contributed by atoms with Gasteiger partial charge < -0.3 is 14.2 Å². The van der Waals surface area contributed by atoms with E-state index in [1.807, 2.05) is 6.08 Å². The molecule has 0 bridgehead atoms. The van der Waals surface area contributed by atoms with Crippen LogP contribution in [0.25, 0.3) is 0 Å². The summed E-state index contributed by atoms with van der Waals surface area (Å²) in [7, 11) is 0. The molecule has 0 rings (SSSR count). The molecule has 0 aromatic rings. The van der Waals surface area contributed by atoms with Gasteiger partial charge >= 0.3 is 12.1 Å². The van der Waals surface area contributed by atoms with E-state index in [9.17, 15) is 14.4 Å². The van der Waals surface area contributed by atoms with Crippen LogP contribution in [0.1, 0.15) is 32.6 Å². The van der Waals surface area contributed by atoms with Gasteiger partial charge in [-0.2, -0.15) is 0 Å². The second-order valence-electron chi connectivity index (χ2n) is 4.04. The maximum absolute atomic E-state index is 11.4. The van der Waals surface area contributed by atoms with Crippen LogP contribution in [0, 0.1) is 0 Å². The van der Waals surface area contributed by atoms with Gasteiger partial charge in [-0.1, -0.05) is 24.8 Å². The molecule has 0 aliphatic heterocycles. The zero-order valence-corrected chi connectivity index (χ0v) is 12.3. The number of unbranched alkanes of at least 4 members (excludes halogenated alkanes) is 1. The van der Waals surface area contributed by atoms with Crippen molar-refractivity contribution in [3.05, 3.63) is 24.8 Å². The molecule has 6 heteroatoms. The lowest BCUT2D eigenvalue weighted by molar-refractivity contribution is -0.144. The first-order chi connectivity index (χ1) is 10.1. The van der Waals surface area contributed by atoms with Crippen molar-refractivity contribution in [1.29, 1.82) is 0 Å². The minimum Gasteiger partial charge on any atom is -0.461 e. The molecule has 0 amide bonds. The average molecular weight is 298 g/mol. The fraction of sp³-hybridized carbons (Fsp3) is 0.533. The Morgan fingerprint density at radius 1 is 1.05 bits per heavy atom. The van der Waals surface area contributed by atoms with E-state index in [1.54, 1.807) is 13.0 Å².